The molecule has 2 aromatic rings. The van der Waals surface area contributed by atoms with Crippen LogP contribution in [-0.4, -0.2) is 55.9 Å². The van der Waals surface area contributed by atoms with Crippen molar-refractivity contribution in [2.45, 2.75) is 26.0 Å². The van der Waals surface area contributed by atoms with E-state index < -0.39 is 28.3 Å². The lowest BCUT2D eigenvalue weighted by molar-refractivity contribution is -0.136. The highest BCUT2D eigenvalue weighted by molar-refractivity contribution is 7.91. The van der Waals surface area contributed by atoms with Crippen molar-refractivity contribution in [1.82, 2.24) is 4.90 Å². The van der Waals surface area contributed by atoms with Crippen LogP contribution in [0, 0.1) is 0 Å². The number of nitrogens with zero attached hydrogens (tertiary/aromatic N) is 1. The van der Waals surface area contributed by atoms with Gasteiger partial charge in [0.25, 0.3) is 5.91 Å². The fourth-order valence-electron chi connectivity index (χ4n) is 3.45. The van der Waals surface area contributed by atoms with Gasteiger partial charge in [-0.05, 0) is 43.2 Å². The van der Waals surface area contributed by atoms with Crippen LogP contribution >= 0.6 is 11.6 Å². The largest absolute Gasteiger partial charge is 0.488 e. The van der Waals surface area contributed by atoms with Crippen LogP contribution in [-0.2, 0) is 26.0 Å². The van der Waals surface area contributed by atoms with E-state index in [1.165, 1.54) is 4.90 Å². The number of likely N-dealkylation sites (N-methyl/N-ethyl adjacent to an activating group) is 1. The Balaban J connectivity index is 1.60. The van der Waals surface area contributed by atoms with Crippen LogP contribution in [0.15, 0.2) is 48.5 Å². The lowest BCUT2D eigenvalue weighted by atomic mass is 10.2. The van der Waals surface area contributed by atoms with Crippen LogP contribution in [0.5, 0.6) is 5.75 Å². The number of carbonyl (C=O) groups is 2. The van der Waals surface area contributed by atoms with E-state index in [1.807, 2.05) is 12.1 Å². The SMILES string of the molecule is CCN(C(=O)COC(=O)c1ccccc1OCc1ccc(Cl)cc1)C1CCS(=O)(=O)C1. The highest BCUT2D eigenvalue weighted by atomic mass is 35.5. The monoisotopic (exact) mass is 465 g/mol. The molecular weight excluding hydrogens is 442 g/mol. The molecule has 7 nitrogen and oxygen atoms in total. The normalized spacial score (nSPS) is 17.2. The molecule has 0 aliphatic carbocycles. The van der Waals surface area contributed by atoms with Crippen LogP contribution in [0.4, 0.5) is 0 Å². The molecule has 1 unspecified atom stereocenters. The molecule has 0 saturated carbocycles. The number of ether oxygens (including phenoxy) is 2. The smallest absolute Gasteiger partial charge is 0.342 e. The maximum atomic E-state index is 12.6. The van der Waals surface area contributed by atoms with Gasteiger partial charge in [0, 0.05) is 17.6 Å². The van der Waals surface area contributed by atoms with Crippen molar-refractivity contribution in [3.8, 4) is 5.75 Å². The molecule has 1 aliphatic rings. The Morgan fingerprint density at radius 2 is 1.84 bits per heavy atom. The van der Waals surface area contributed by atoms with Crippen LogP contribution in [0.3, 0.4) is 0 Å². The topological polar surface area (TPSA) is 90.0 Å². The Labute approximate surface area is 186 Å². The molecule has 0 spiro atoms. The average molecular weight is 466 g/mol. The molecule has 2 aromatic carbocycles. The van der Waals surface area contributed by atoms with Crippen LogP contribution in [0.1, 0.15) is 29.3 Å². The Hall–Kier alpha value is -2.58. The summed E-state index contributed by atoms with van der Waals surface area (Å²) in [7, 11) is -3.12. The van der Waals surface area contributed by atoms with Crippen LogP contribution < -0.4 is 4.74 Å². The molecule has 1 aliphatic heterocycles. The Bertz CT molecular complexity index is 1040. The molecule has 1 amide bonds. The first-order valence-electron chi connectivity index (χ1n) is 9.92. The minimum atomic E-state index is -3.12. The van der Waals surface area contributed by atoms with Crippen molar-refractivity contribution in [3.63, 3.8) is 0 Å². The van der Waals surface area contributed by atoms with E-state index in [-0.39, 0.29) is 29.7 Å². The van der Waals surface area contributed by atoms with Gasteiger partial charge >= 0.3 is 5.97 Å². The van der Waals surface area contributed by atoms with Gasteiger partial charge in [0.05, 0.1) is 11.5 Å². The van der Waals surface area contributed by atoms with Gasteiger partial charge in [-0.15, -0.1) is 0 Å². The number of carbonyl (C=O) groups excluding carboxylic acids is 2. The molecule has 166 valence electrons. The quantitative estimate of drug-likeness (QED) is 0.556. The number of halogens is 1. The van der Waals surface area contributed by atoms with Gasteiger partial charge in [0.1, 0.15) is 17.9 Å². The van der Waals surface area contributed by atoms with Crippen molar-refractivity contribution < 1.29 is 27.5 Å². The first-order chi connectivity index (χ1) is 14.8. The zero-order valence-corrected chi connectivity index (χ0v) is 18.7. The number of benzene rings is 2. The zero-order chi connectivity index (χ0) is 22.4. The van der Waals surface area contributed by atoms with Gasteiger partial charge in [-0.2, -0.15) is 0 Å². The van der Waals surface area contributed by atoms with E-state index in [0.29, 0.717) is 23.7 Å². The molecular formula is C22H24ClNO6S. The van der Waals surface area contributed by atoms with E-state index >= 15 is 0 Å². The number of amides is 1. The summed E-state index contributed by atoms with van der Waals surface area (Å²) >= 11 is 5.88. The molecule has 0 N–H and O–H groups in total. The highest BCUT2D eigenvalue weighted by Gasteiger charge is 2.34. The number of hydrogen-bond acceptors (Lipinski definition) is 6. The summed E-state index contributed by atoms with van der Waals surface area (Å²) in [6.45, 7) is 1.89. The molecule has 0 radical (unpaired) electrons. The summed E-state index contributed by atoms with van der Waals surface area (Å²) in [4.78, 5) is 26.6. The first-order valence-corrected chi connectivity index (χ1v) is 12.1. The molecule has 9 heteroatoms. The summed E-state index contributed by atoms with van der Waals surface area (Å²) in [5.74, 6) is -0.752. The Kier molecular flexibility index (Phi) is 7.56. The van der Waals surface area contributed by atoms with E-state index in [1.54, 1.807) is 43.3 Å². The second-order valence-corrected chi connectivity index (χ2v) is 9.89. The second kappa shape index (κ2) is 10.2. The number of hydrogen-bond donors (Lipinski definition) is 0. The van der Waals surface area contributed by atoms with Gasteiger partial charge in [0.2, 0.25) is 0 Å². The van der Waals surface area contributed by atoms with Crippen molar-refractivity contribution in [1.29, 1.82) is 0 Å². The average Bonchev–Trinajstić information content (AvgIpc) is 3.11. The molecule has 3 rings (SSSR count). The van der Waals surface area contributed by atoms with E-state index in [4.69, 9.17) is 21.1 Å². The second-order valence-electron chi connectivity index (χ2n) is 7.22. The summed E-state index contributed by atoms with van der Waals surface area (Å²) in [6.07, 6.45) is 0.400. The third-order valence-corrected chi connectivity index (χ3v) is 7.05. The molecule has 0 bridgehead atoms. The lowest BCUT2D eigenvalue weighted by Crippen LogP contribution is -2.43. The maximum absolute atomic E-state index is 12.6. The summed E-state index contributed by atoms with van der Waals surface area (Å²) in [5.41, 5.74) is 1.09. The molecule has 1 saturated heterocycles. The molecule has 1 atom stereocenters. The third kappa shape index (κ3) is 6.21. The third-order valence-electron chi connectivity index (χ3n) is 5.05. The van der Waals surface area contributed by atoms with Crippen LogP contribution in [0.25, 0.3) is 0 Å². The van der Waals surface area contributed by atoms with Crippen molar-refractivity contribution in [2.24, 2.45) is 0 Å². The minimum absolute atomic E-state index is 0.0537. The van der Waals surface area contributed by atoms with Gasteiger partial charge < -0.3 is 14.4 Å². The molecule has 0 aromatic heterocycles. The van der Waals surface area contributed by atoms with Gasteiger partial charge in [-0.3, -0.25) is 4.79 Å². The minimum Gasteiger partial charge on any atom is -0.488 e. The fourth-order valence-corrected chi connectivity index (χ4v) is 5.31. The Morgan fingerprint density at radius 3 is 2.48 bits per heavy atom. The van der Waals surface area contributed by atoms with Crippen molar-refractivity contribution >= 4 is 33.3 Å². The Morgan fingerprint density at radius 1 is 1.13 bits per heavy atom. The predicted octanol–water partition coefficient (Wildman–Crippen LogP) is 3.11. The summed E-state index contributed by atoms with van der Waals surface area (Å²) in [6, 6.07) is 13.4. The first kappa shape index (κ1) is 23.1. The summed E-state index contributed by atoms with van der Waals surface area (Å²) in [5, 5.41) is 0.619. The number of sulfone groups is 1. The molecule has 1 fully saturated rings. The van der Waals surface area contributed by atoms with Crippen molar-refractivity contribution in [3.05, 3.63) is 64.7 Å². The fraction of sp³-hybridized carbons (Fsp3) is 0.364. The van der Waals surface area contributed by atoms with Gasteiger partial charge in [0.15, 0.2) is 16.4 Å². The number of esters is 1. The van der Waals surface area contributed by atoms with Crippen molar-refractivity contribution in [2.75, 3.05) is 24.7 Å². The zero-order valence-electron chi connectivity index (χ0n) is 17.1. The number of para-hydroxylation sites is 1. The molecule has 31 heavy (non-hydrogen) atoms. The predicted molar refractivity (Wildman–Crippen MR) is 117 cm³/mol. The van der Waals surface area contributed by atoms with E-state index in [2.05, 4.69) is 0 Å². The van der Waals surface area contributed by atoms with Gasteiger partial charge in [-0.1, -0.05) is 35.9 Å². The van der Waals surface area contributed by atoms with E-state index in [0.717, 1.165) is 5.56 Å². The van der Waals surface area contributed by atoms with E-state index in [9.17, 15) is 18.0 Å². The standard InChI is InChI=1S/C22H24ClNO6S/c1-2-24(18-11-12-31(27,28)15-18)21(25)14-30-22(26)19-5-3-4-6-20(19)29-13-16-7-9-17(23)10-8-16/h3-10,18H,2,11-15H2,1H3. The van der Waals surface area contributed by atoms with Crippen LogP contribution in [0.2, 0.25) is 5.02 Å². The van der Waals surface area contributed by atoms with Gasteiger partial charge in [-0.25, -0.2) is 13.2 Å². The summed E-state index contributed by atoms with van der Waals surface area (Å²) < 4.78 is 34.4. The maximum Gasteiger partial charge on any atom is 0.342 e. The lowest BCUT2D eigenvalue weighted by Gasteiger charge is -2.26. The number of rotatable bonds is 8. The highest BCUT2D eigenvalue weighted by Crippen LogP contribution is 2.22. The molecule has 1 heterocycles.